The Labute approximate surface area is 125 Å². The zero-order valence-electron chi connectivity index (χ0n) is 12.0. The first-order chi connectivity index (χ1) is 9.97. The highest BCUT2D eigenvalue weighted by Gasteiger charge is 2.12. The summed E-state index contributed by atoms with van der Waals surface area (Å²) in [5.41, 5.74) is 1.57. The molecule has 112 valence electrons. The van der Waals surface area contributed by atoms with E-state index in [-0.39, 0.29) is 0 Å². The van der Waals surface area contributed by atoms with E-state index in [1.165, 1.54) is 14.1 Å². The summed E-state index contributed by atoms with van der Waals surface area (Å²) in [5, 5.41) is 0. The van der Waals surface area contributed by atoms with Crippen molar-refractivity contribution in [2.24, 2.45) is 0 Å². The largest absolute Gasteiger partial charge is 0.489 e. The van der Waals surface area contributed by atoms with Crippen molar-refractivity contribution in [2.75, 3.05) is 18.8 Å². The van der Waals surface area contributed by atoms with E-state index in [1.807, 2.05) is 30.3 Å². The first-order valence-electron chi connectivity index (χ1n) is 6.44. The number of hydrogen-bond donors (Lipinski definition) is 1. The van der Waals surface area contributed by atoms with Gasteiger partial charge in [-0.15, -0.1) is 0 Å². The molecule has 0 aliphatic rings. The third-order valence-corrected chi connectivity index (χ3v) is 4.29. The molecule has 0 aromatic heterocycles. The molecule has 0 heterocycles. The fourth-order valence-corrected chi connectivity index (χ4v) is 2.22. The molecule has 2 rings (SSSR count). The van der Waals surface area contributed by atoms with Gasteiger partial charge >= 0.3 is 10.2 Å². The summed E-state index contributed by atoms with van der Waals surface area (Å²) in [6.07, 6.45) is 0. The maximum Gasteiger partial charge on any atom is 0.301 e. The Kier molecular flexibility index (Phi) is 4.82. The van der Waals surface area contributed by atoms with Crippen LogP contribution in [0.4, 0.5) is 5.69 Å². The normalized spacial score (nSPS) is 11.4. The van der Waals surface area contributed by atoms with Gasteiger partial charge in [-0.25, -0.2) is 0 Å². The predicted molar refractivity (Wildman–Crippen MR) is 83.4 cm³/mol. The van der Waals surface area contributed by atoms with Gasteiger partial charge in [-0.1, -0.05) is 30.3 Å². The van der Waals surface area contributed by atoms with Crippen LogP contribution in [-0.4, -0.2) is 26.8 Å². The lowest BCUT2D eigenvalue weighted by molar-refractivity contribution is 0.306. The van der Waals surface area contributed by atoms with E-state index in [0.29, 0.717) is 18.0 Å². The number of anilines is 1. The van der Waals surface area contributed by atoms with E-state index >= 15 is 0 Å². The Hall–Kier alpha value is -2.05. The number of hydrogen-bond acceptors (Lipinski definition) is 3. The monoisotopic (exact) mass is 306 g/mol. The highest BCUT2D eigenvalue weighted by Crippen LogP contribution is 2.18. The third kappa shape index (κ3) is 4.47. The van der Waals surface area contributed by atoms with Crippen LogP contribution in [0.15, 0.2) is 54.6 Å². The van der Waals surface area contributed by atoms with Crippen LogP contribution in [0.1, 0.15) is 5.56 Å². The Balaban J connectivity index is 1.96. The summed E-state index contributed by atoms with van der Waals surface area (Å²) in [4.78, 5) is 0. The maximum atomic E-state index is 11.7. The minimum absolute atomic E-state index is 0.476. The Morgan fingerprint density at radius 2 is 1.62 bits per heavy atom. The van der Waals surface area contributed by atoms with Gasteiger partial charge in [0.25, 0.3) is 0 Å². The number of nitrogens with one attached hydrogen (secondary N) is 1. The molecule has 0 saturated heterocycles. The summed E-state index contributed by atoms with van der Waals surface area (Å²) in [7, 11) is -0.533. The molecule has 0 aliphatic heterocycles. The quantitative estimate of drug-likeness (QED) is 0.892. The third-order valence-electron chi connectivity index (χ3n) is 2.83. The summed E-state index contributed by atoms with van der Waals surface area (Å²) in [6.45, 7) is 0.476. The second kappa shape index (κ2) is 6.60. The second-order valence-electron chi connectivity index (χ2n) is 4.69. The van der Waals surface area contributed by atoms with E-state index in [1.54, 1.807) is 24.3 Å². The Morgan fingerprint density at radius 1 is 1.00 bits per heavy atom. The molecule has 0 bridgehead atoms. The lowest BCUT2D eigenvalue weighted by atomic mass is 10.2. The van der Waals surface area contributed by atoms with E-state index < -0.39 is 10.2 Å². The summed E-state index contributed by atoms with van der Waals surface area (Å²) < 4.78 is 32.6. The summed E-state index contributed by atoms with van der Waals surface area (Å²) in [5.74, 6) is 0.687. The van der Waals surface area contributed by atoms with Crippen LogP contribution in [-0.2, 0) is 16.8 Å². The molecular weight excluding hydrogens is 288 g/mol. The molecule has 2 aromatic carbocycles. The average Bonchev–Trinajstić information content (AvgIpc) is 2.47. The van der Waals surface area contributed by atoms with E-state index in [4.69, 9.17) is 4.74 Å². The molecule has 21 heavy (non-hydrogen) atoms. The molecule has 2 aromatic rings. The van der Waals surface area contributed by atoms with Crippen molar-refractivity contribution in [3.05, 3.63) is 60.2 Å². The molecule has 0 saturated carbocycles. The minimum Gasteiger partial charge on any atom is -0.489 e. The SMILES string of the molecule is CN(C)S(=O)(=O)Nc1ccc(OCc2ccccc2)cc1. The van der Waals surface area contributed by atoms with Crippen molar-refractivity contribution >= 4 is 15.9 Å². The van der Waals surface area contributed by atoms with Gasteiger partial charge in [0.1, 0.15) is 12.4 Å². The Morgan fingerprint density at radius 3 is 2.19 bits per heavy atom. The van der Waals surface area contributed by atoms with E-state index in [2.05, 4.69) is 4.72 Å². The van der Waals surface area contributed by atoms with Crippen molar-refractivity contribution < 1.29 is 13.2 Å². The molecule has 0 atom stereocenters. The fourth-order valence-electron chi connectivity index (χ4n) is 1.60. The lowest BCUT2D eigenvalue weighted by Gasteiger charge is -2.13. The molecule has 0 aliphatic carbocycles. The van der Waals surface area contributed by atoms with Crippen LogP contribution >= 0.6 is 0 Å². The zero-order valence-corrected chi connectivity index (χ0v) is 12.8. The van der Waals surface area contributed by atoms with Crippen molar-refractivity contribution in [2.45, 2.75) is 6.61 Å². The molecule has 0 fully saturated rings. The van der Waals surface area contributed by atoms with Crippen molar-refractivity contribution in [3.63, 3.8) is 0 Å². The number of nitrogens with zero attached hydrogens (tertiary/aromatic N) is 1. The standard InChI is InChI=1S/C15H18N2O3S/c1-17(2)21(18,19)16-14-8-10-15(11-9-14)20-12-13-6-4-3-5-7-13/h3-11,16H,12H2,1-2H3. The molecule has 0 unspecified atom stereocenters. The number of ether oxygens (including phenoxy) is 1. The van der Waals surface area contributed by atoms with E-state index in [0.717, 1.165) is 9.87 Å². The van der Waals surface area contributed by atoms with Gasteiger partial charge in [0.05, 0.1) is 5.69 Å². The van der Waals surface area contributed by atoms with Crippen LogP contribution in [0.3, 0.4) is 0 Å². The van der Waals surface area contributed by atoms with Crippen LogP contribution in [0.2, 0.25) is 0 Å². The van der Waals surface area contributed by atoms with Crippen LogP contribution in [0.25, 0.3) is 0 Å². The van der Waals surface area contributed by atoms with Gasteiger partial charge in [0.15, 0.2) is 0 Å². The van der Waals surface area contributed by atoms with Gasteiger partial charge in [-0.2, -0.15) is 12.7 Å². The molecule has 1 N–H and O–H groups in total. The second-order valence-corrected chi connectivity index (χ2v) is 6.57. The Bertz CT molecular complexity index is 668. The van der Waals surface area contributed by atoms with Gasteiger partial charge in [0, 0.05) is 14.1 Å². The highest BCUT2D eigenvalue weighted by molar-refractivity contribution is 7.90. The van der Waals surface area contributed by atoms with Gasteiger partial charge in [-0.05, 0) is 29.8 Å². The van der Waals surface area contributed by atoms with Crippen LogP contribution < -0.4 is 9.46 Å². The highest BCUT2D eigenvalue weighted by atomic mass is 32.2. The molecule has 0 spiro atoms. The average molecular weight is 306 g/mol. The maximum absolute atomic E-state index is 11.7. The summed E-state index contributed by atoms with van der Waals surface area (Å²) >= 11 is 0. The minimum atomic E-state index is -3.48. The topological polar surface area (TPSA) is 58.6 Å². The predicted octanol–water partition coefficient (Wildman–Crippen LogP) is 2.48. The van der Waals surface area contributed by atoms with Crippen LogP contribution in [0, 0.1) is 0 Å². The molecule has 0 radical (unpaired) electrons. The van der Waals surface area contributed by atoms with Crippen molar-refractivity contribution in [3.8, 4) is 5.75 Å². The molecule has 6 heteroatoms. The molecule has 0 amide bonds. The molecule has 5 nitrogen and oxygen atoms in total. The fraction of sp³-hybridized carbons (Fsp3) is 0.200. The number of benzene rings is 2. The van der Waals surface area contributed by atoms with Gasteiger partial charge in [0.2, 0.25) is 0 Å². The molecular formula is C15H18N2O3S. The zero-order chi connectivity index (χ0) is 15.3. The first-order valence-corrected chi connectivity index (χ1v) is 7.88. The van der Waals surface area contributed by atoms with Crippen molar-refractivity contribution in [1.29, 1.82) is 0 Å². The van der Waals surface area contributed by atoms with E-state index in [9.17, 15) is 8.42 Å². The van der Waals surface area contributed by atoms with Gasteiger partial charge < -0.3 is 4.74 Å². The van der Waals surface area contributed by atoms with Gasteiger partial charge in [-0.3, -0.25) is 4.72 Å². The smallest absolute Gasteiger partial charge is 0.301 e. The summed E-state index contributed by atoms with van der Waals surface area (Å²) in [6, 6.07) is 16.6. The van der Waals surface area contributed by atoms with Crippen LogP contribution in [0.5, 0.6) is 5.75 Å². The van der Waals surface area contributed by atoms with Crippen molar-refractivity contribution in [1.82, 2.24) is 4.31 Å². The lowest BCUT2D eigenvalue weighted by Crippen LogP contribution is -2.28. The first kappa shape index (κ1) is 15.3. The number of rotatable bonds is 6.